The molecule has 0 bridgehead atoms. The van der Waals surface area contributed by atoms with E-state index < -0.39 is 15.8 Å². The van der Waals surface area contributed by atoms with E-state index in [1.165, 1.54) is 24.3 Å². The summed E-state index contributed by atoms with van der Waals surface area (Å²) >= 11 is 0. The maximum absolute atomic E-state index is 12.1. The Morgan fingerprint density at radius 3 is 2.22 bits per heavy atom. The third-order valence-corrected chi connectivity index (χ3v) is 5.29. The van der Waals surface area contributed by atoms with Crippen LogP contribution in [0, 0.1) is 5.92 Å². The molecular weight excluding hydrogens is 252 g/mol. The lowest BCUT2D eigenvalue weighted by atomic mass is 10.1. The van der Waals surface area contributed by atoms with Crippen LogP contribution < -0.4 is 0 Å². The number of hydrogen-bond donors (Lipinski definition) is 1. The summed E-state index contributed by atoms with van der Waals surface area (Å²) in [6, 6.07) is 5.44. The van der Waals surface area contributed by atoms with E-state index in [0.29, 0.717) is 0 Å². The zero-order valence-electron chi connectivity index (χ0n) is 10.0. The number of rotatable bonds is 4. The lowest BCUT2D eigenvalue weighted by Crippen LogP contribution is -2.14. The van der Waals surface area contributed by atoms with Crippen LogP contribution in [0.2, 0.25) is 0 Å². The van der Waals surface area contributed by atoms with E-state index in [0.717, 1.165) is 25.7 Å². The summed E-state index contributed by atoms with van der Waals surface area (Å²) in [6.07, 6.45) is 4.18. The van der Waals surface area contributed by atoms with Gasteiger partial charge in [0.2, 0.25) is 0 Å². The molecule has 1 aliphatic carbocycles. The van der Waals surface area contributed by atoms with Crippen molar-refractivity contribution >= 4 is 15.8 Å². The number of carbonyl (C=O) groups is 1. The Bertz CT molecular complexity index is 525. The first-order valence-electron chi connectivity index (χ1n) is 6.05. The van der Waals surface area contributed by atoms with E-state index in [1.54, 1.807) is 0 Å². The van der Waals surface area contributed by atoms with Gasteiger partial charge in [-0.3, -0.25) is 0 Å². The molecule has 1 N–H and O–H groups in total. The van der Waals surface area contributed by atoms with Gasteiger partial charge in [-0.05, 0) is 43.0 Å². The smallest absolute Gasteiger partial charge is 0.335 e. The number of aromatic carboxylic acids is 1. The molecule has 0 unspecified atom stereocenters. The topological polar surface area (TPSA) is 71.4 Å². The van der Waals surface area contributed by atoms with Gasteiger partial charge in [0.25, 0.3) is 0 Å². The van der Waals surface area contributed by atoms with E-state index in [9.17, 15) is 13.2 Å². The van der Waals surface area contributed by atoms with Crippen LogP contribution >= 0.6 is 0 Å². The molecule has 0 radical (unpaired) electrons. The minimum Gasteiger partial charge on any atom is -0.478 e. The Morgan fingerprint density at radius 1 is 1.17 bits per heavy atom. The highest BCUT2D eigenvalue weighted by Crippen LogP contribution is 2.28. The minimum atomic E-state index is -3.28. The number of sulfone groups is 1. The van der Waals surface area contributed by atoms with Gasteiger partial charge in [0.1, 0.15) is 0 Å². The van der Waals surface area contributed by atoms with Gasteiger partial charge >= 0.3 is 5.97 Å². The Balaban J connectivity index is 2.16. The van der Waals surface area contributed by atoms with Crippen molar-refractivity contribution < 1.29 is 18.3 Å². The molecule has 0 aliphatic heterocycles. The molecule has 0 heterocycles. The quantitative estimate of drug-likeness (QED) is 0.909. The van der Waals surface area contributed by atoms with Crippen molar-refractivity contribution in [2.24, 2.45) is 5.92 Å². The molecule has 1 saturated carbocycles. The van der Waals surface area contributed by atoms with Gasteiger partial charge < -0.3 is 5.11 Å². The molecule has 98 valence electrons. The second-order valence-corrected chi connectivity index (χ2v) is 6.80. The van der Waals surface area contributed by atoms with Crippen molar-refractivity contribution in [3.05, 3.63) is 29.8 Å². The normalized spacial score (nSPS) is 16.9. The summed E-state index contributed by atoms with van der Waals surface area (Å²) in [5.74, 6) is -0.608. The summed E-state index contributed by atoms with van der Waals surface area (Å²) in [5, 5.41) is 8.76. The molecule has 0 atom stereocenters. The first kappa shape index (κ1) is 13.1. The first-order valence-corrected chi connectivity index (χ1v) is 7.70. The van der Waals surface area contributed by atoms with Crippen molar-refractivity contribution in [1.82, 2.24) is 0 Å². The van der Waals surface area contributed by atoms with Crippen LogP contribution in [0.5, 0.6) is 0 Å². The van der Waals surface area contributed by atoms with Gasteiger partial charge in [-0.25, -0.2) is 13.2 Å². The fraction of sp³-hybridized carbons (Fsp3) is 0.462. The molecule has 0 spiro atoms. The zero-order valence-corrected chi connectivity index (χ0v) is 10.8. The second-order valence-electron chi connectivity index (χ2n) is 4.76. The SMILES string of the molecule is O=C(O)c1ccc(S(=O)(=O)CC2CCCC2)cc1. The second kappa shape index (κ2) is 5.10. The van der Waals surface area contributed by atoms with Gasteiger partial charge in [-0.1, -0.05) is 12.8 Å². The van der Waals surface area contributed by atoms with Gasteiger partial charge in [0, 0.05) is 0 Å². The number of hydrogen-bond acceptors (Lipinski definition) is 3. The number of benzene rings is 1. The monoisotopic (exact) mass is 268 g/mol. The van der Waals surface area contributed by atoms with Gasteiger partial charge in [-0.15, -0.1) is 0 Å². The third kappa shape index (κ3) is 2.90. The van der Waals surface area contributed by atoms with Gasteiger partial charge in [0.15, 0.2) is 9.84 Å². The maximum atomic E-state index is 12.1. The molecule has 1 aromatic rings. The Hall–Kier alpha value is -1.36. The van der Waals surface area contributed by atoms with E-state index in [2.05, 4.69) is 0 Å². The fourth-order valence-electron chi connectivity index (χ4n) is 2.39. The Kier molecular flexibility index (Phi) is 3.71. The number of carboxylic acid groups (broad SMARTS) is 1. The third-order valence-electron chi connectivity index (χ3n) is 3.39. The highest BCUT2D eigenvalue weighted by Gasteiger charge is 2.24. The van der Waals surface area contributed by atoms with Crippen LogP contribution in [0.3, 0.4) is 0 Å². The van der Waals surface area contributed by atoms with Crippen LogP contribution in [0.15, 0.2) is 29.2 Å². The Labute approximate surface area is 107 Å². The van der Waals surface area contributed by atoms with Crippen molar-refractivity contribution in [3.63, 3.8) is 0 Å². The average Bonchev–Trinajstić information content (AvgIpc) is 2.81. The first-order chi connectivity index (χ1) is 8.49. The van der Waals surface area contributed by atoms with Crippen LogP contribution in [0.25, 0.3) is 0 Å². The molecular formula is C13H16O4S. The van der Waals surface area contributed by atoms with E-state index >= 15 is 0 Å². The van der Waals surface area contributed by atoms with Crippen LogP contribution in [-0.2, 0) is 9.84 Å². The van der Waals surface area contributed by atoms with Crippen molar-refractivity contribution in [2.45, 2.75) is 30.6 Å². The van der Waals surface area contributed by atoms with E-state index in [-0.39, 0.29) is 22.1 Å². The minimum absolute atomic E-state index is 0.106. The zero-order chi connectivity index (χ0) is 13.2. The van der Waals surface area contributed by atoms with Crippen LogP contribution in [0.1, 0.15) is 36.0 Å². The van der Waals surface area contributed by atoms with Crippen molar-refractivity contribution in [3.8, 4) is 0 Å². The van der Waals surface area contributed by atoms with Crippen LogP contribution in [-0.4, -0.2) is 25.2 Å². The maximum Gasteiger partial charge on any atom is 0.335 e. The largest absolute Gasteiger partial charge is 0.478 e. The predicted octanol–water partition coefficient (Wildman–Crippen LogP) is 2.35. The van der Waals surface area contributed by atoms with E-state index in [4.69, 9.17) is 5.11 Å². The van der Waals surface area contributed by atoms with Crippen LogP contribution in [0.4, 0.5) is 0 Å². The molecule has 5 heteroatoms. The summed E-state index contributed by atoms with van der Waals surface area (Å²) < 4.78 is 24.2. The Morgan fingerprint density at radius 2 is 1.72 bits per heavy atom. The van der Waals surface area contributed by atoms with Crippen molar-refractivity contribution in [1.29, 1.82) is 0 Å². The molecule has 0 aromatic heterocycles. The summed E-state index contributed by atoms with van der Waals surface area (Å²) in [6.45, 7) is 0. The lowest BCUT2D eigenvalue weighted by molar-refractivity contribution is 0.0697. The fourth-order valence-corrected chi connectivity index (χ4v) is 4.09. The van der Waals surface area contributed by atoms with E-state index in [1.807, 2.05) is 0 Å². The predicted molar refractivity (Wildman–Crippen MR) is 67.4 cm³/mol. The molecule has 1 aliphatic rings. The van der Waals surface area contributed by atoms with Gasteiger partial charge in [-0.2, -0.15) is 0 Å². The molecule has 0 saturated heterocycles. The lowest BCUT2D eigenvalue weighted by Gasteiger charge is -2.10. The average molecular weight is 268 g/mol. The summed E-state index contributed by atoms with van der Waals surface area (Å²) in [5.41, 5.74) is 0.106. The highest BCUT2D eigenvalue weighted by molar-refractivity contribution is 7.91. The van der Waals surface area contributed by atoms with Gasteiger partial charge in [0.05, 0.1) is 16.2 Å². The summed E-state index contributed by atoms with van der Waals surface area (Å²) in [4.78, 5) is 10.9. The molecule has 1 fully saturated rings. The standard InChI is InChI=1S/C13H16O4S/c14-13(15)11-5-7-12(8-6-11)18(16,17)9-10-3-1-2-4-10/h5-8,10H,1-4,9H2,(H,14,15). The molecule has 2 rings (SSSR count). The number of carboxylic acids is 1. The molecule has 0 amide bonds. The molecule has 18 heavy (non-hydrogen) atoms. The highest BCUT2D eigenvalue weighted by atomic mass is 32.2. The molecule has 4 nitrogen and oxygen atoms in total. The van der Waals surface area contributed by atoms with Crippen molar-refractivity contribution in [2.75, 3.05) is 5.75 Å². The molecule has 1 aromatic carbocycles. The summed E-state index contributed by atoms with van der Waals surface area (Å²) in [7, 11) is -3.28.